The summed E-state index contributed by atoms with van der Waals surface area (Å²) in [5.74, 6) is -1.47. The molecular weight excluding hydrogens is 376 g/mol. The van der Waals surface area contributed by atoms with E-state index in [-0.39, 0.29) is 18.6 Å². The molecule has 0 fully saturated rings. The smallest absolute Gasteiger partial charge is 0.331 e. The number of unbranched alkanes of at least 4 members (excludes halogenated alkanes) is 11. The lowest BCUT2D eigenvalue weighted by Crippen LogP contribution is -2.54. The van der Waals surface area contributed by atoms with Gasteiger partial charge in [-0.2, -0.15) is 0 Å². The highest BCUT2D eigenvalue weighted by Gasteiger charge is 2.40. The van der Waals surface area contributed by atoms with Gasteiger partial charge >= 0.3 is 5.97 Å². The van der Waals surface area contributed by atoms with E-state index in [1.807, 2.05) is 18.2 Å². The van der Waals surface area contributed by atoms with Crippen LogP contribution in [-0.4, -0.2) is 27.4 Å². The van der Waals surface area contributed by atoms with E-state index in [4.69, 9.17) is 5.73 Å². The Morgan fingerprint density at radius 3 is 1.63 bits per heavy atom. The number of carboxylic acids is 1. The molecule has 0 saturated heterocycles. The van der Waals surface area contributed by atoms with Crippen LogP contribution in [0, 0.1) is 0 Å². The largest absolute Gasteiger partial charge is 0.480 e. The first-order chi connectivity index (χ1) is 14.5. The molecule has 0 aliphatic heterocycles. The predicted octanol–water partition coefficient (Wildman–Crippen LogP) is 6.31. The Kier molecular flexibility index (Phi) is 18.1. The van der Waals surface area contributed by atoms with Crippen molar-refractivity contribution in [3.63, 3.8) is 0 Å². The third-order valence-electron chi connectivity index (χ3n) is 5.38. The maximum atomic E-state index is 12.2. The minimum absolute atomic E-state index is 0.268. The molecule has 30 heavy (non-hydrogen) atoms. The second kappa shape index (κ2) is 19.2. The number of aliphatic carboxylic acids is 1. The SMILES string of the molecule is CCCCCCCCCCCCC(N)(C(=O)O)C(=O)CCCCC.c1ccncc1. The molecule has 3 N–H and O–H groups in total. The Hall–Kier alpha value is -1.75. The zero-order valence-corrected chi connectivity index (χ0v) is 19.3. The molecule has 1 heterocycles. The third-order valence-corrected chi connectivity index (χ3v) is 5.38. The molecule has 1 aromatic rings. The molecule has 1 aromatic heterocycles. The van der Waals surface area contributed by atoms with Crippen molar-refractivity contribution in [2.24, 2.45) is 5.73 Å². The van der Waals surface area contributed by atoms with Gasteiger partial charge in [-0.05, 0) is 25.0 Å². The van der Waals surface area contributed by atoms with Crippen LogP contribution in [0.15, 0.2) is 30.6 Å². The monoisotopic (exact) mass is 420 g/mol. The number of hydrogen-bond donors (Lipinski definition) is 2. The van der Waals surface area contributed by atoms with Gasteiger partial charge in [0.05, 0.1) is 0 Å². The fourth-order valence-corrected chi connectivity index (χ4v) is 3.33. The first-order valence-electron chi connectivity index (χ1n) is 11.9. The number of nitrogens with zero attached hydrogens (tertiary/aromatic N) is 1. The van der Waals surface area contributed by atoms with Gasteiger partial charge in [-0.1, -0.05) is 97.0 Å². The molecule has 1 atom stereocenters. The van der Waals surface area contributed by atoms with E-state index in [1.54, 1.807) is 12.4 Å². The minimum atomic E-state index is -1.67. The van der Waals surface area contributed by atoms with Crippen molar-refractivity contribution in [3.8, 4) is 0 Å². The lowest BCUT2D eigenvalue weighted by molar-refractivity contribution is -0.148. The second-order valence-corrected chi connectivity index (χ2v) is 8.11. The van der Waals surface area contributed by atoms with Crippen LogP contribution >= 0.6 is 0 Å². The number of carbonyl (C=O) groups excluding carboxylic acids is 1. The highest BCUT2D eigenvalue weighted by atomic mass is 16.4. The Morgan fingerprint density at radius 2 is 1.23 bits per heavy atom. The average Bonchev–Trinajstić information content (AvgIpc) is 2.76. The van der Waals surface area contributed by atoms with Crippen molar-refractivity contribution < 1.29 is 14.7 Å². The summed E-state index contributed by atoms with van der Waals surface area (Å²) in [5, 5.41) is 9.36. The van der Waals surface area contributed by atoms with Crippen molar-refractivity contribution in [1.29, 1.82) is 0 Å². The van der Waals surface area contributed by atoms with Gasteiger partial charge in [0.1, 0.15) is 0 Å². The minimum Gasteiger partial charge on any atom is -0.480 e. The van der Waals surface area contributed by atoms with Gasteiger partial charge in [0, 0.05) is 18.8 Å². The molecule has 5 heteroatoms. The fourth-order valence-electron chi connectivity index (χ4n) is 3.33. The summed E-state index contributed by atoms with van der Waals surface area (Å²) in [7, 11) is 0. The number of Topliss-reactive ketones (excluding diaryl/α,β-unsaturated/α-hetero) is 1. The zero-order chi connectivity index (χ0) is 22.5. The number of carbonyl (C=O) groups is 2. The zero-order valence-electron chi connectivity index (χ0n) is 19.3. The van der Waals surface area contributed by atoms with Crippen LogP contribution in [0.1, 0.15) is 110 Å². The predicted molar refractivity (Wildman–Crippen MR) is 124 cm³/mol. The number of aromatic nitrogens is 1. The van der Waals surface area contributed by atoms with Crippen LogP contribution in [0.2, 0.25) is 0 Å². The maximum absolute atomic E-state index is 12.2. The quantitative estimate of drug-likeness (QED) is 0.227. The molecular formula is C25H44N2O3. The number of carboxylic acid groups (broad SMARTS) is 1. The van der Waals surface area contributed by atoms with Gasteiger partial charge in [-0.25, -0.2) is 4.79 Å². The van der Waals surface area contributed by atoms with E-state index in [0.717, 1.165) is 38.5 Å². The van der Waals surface area contributed by atoms with Crippen LogP contribution in [0.3, 0.4) is 0 Å². The summed E-state index contributed by atoms with van der Waals surface area (Å²) in [6, 6.07) is 5.72. The van der Waals surface area contributed by atoms with Crippen molar-refractivity contribution in [1.82, 2.24) is 4.98 Å². The van der Waals surface area contributed by atoms with E-state index in [9.17, 15) is 14.7 Å². The lowest BCUT2D eigenvalue weighted by Gasteiger charge is -2.23. The average molecular weight is 421 g/mol. The molecule has 5 nitrogen and oxygen atoms in total. The van der Waals surface area contributed by atoms with Crippen LogP contribution in [0.25, 0.3) is 0 Å². The van der Waals surface area contributed by atoms with Gasteiger partial charge in [0.25, 0.3) is 0 Å². The van der Waals surface area contributed by atoms with E-state index in [0.29, 0.717) is 0 Å². The molecule has 0 amide bonds. The normalized spacial score (nSPS) is 12.5. The summed E-state index contributed by atoms with van der Waals surface area (Å²) < 4.78 is 0. The maximum Gasteiger partial charge on any atom is 0.331 e. The summed E-state index contributed by atoms with van der Waals surface area (Å²) in [6.45, 7) is 4.28. The van der Waals surface area contributed by atoms with Gasteiger partial charge in [0.15, 0.2) is 11.3 Å². The van der Waals surface area contributed by atoms with Crippen LogP contribution in [0.5, 0.6) is 0 Å². The number of pyridine rings is 1. The van der Waals surface area contributed by atoms with E-state index in [2.05, 4.69) is 18.8 Å². The molecule has 1 rings (SSSR count). The first-order valence-corrected chi connectivity index (χ1v) is 11.9. The number of hydrogen-bond acceptors (Lipinski definition) is 4. The molecule has 0 aliphatic rings. The topological polar surface area (TPSA) is 93.3 Å². The molecule has 1 unspecified atom stereocenters. The van der Waals surface area contributed by atoms with E-state index < -0.39 is 11.5 Å². The van der Waals surface area contributed by atoms with Crippen molar-refractivity contribution in [2.75, 3.05) is 0 Å². The van der Waals surface area contributed by atoms with E-state index in [1.165, 1.54) is 44.9 Å². The molecule has 0 aliphatic carbocycles. The van der Waals surface area contributed by atoms with Crippen LogP contribution in [0.4, 0.5) is 0 Å². The summed E-state index contributed by atoms with van der Waals surface area (Å²) in [6.07, 6.45) is 18.6. The molecule has 0 bridgehead atoms. The second-order valence-electron chi connectivity index (χ2n) is 8.11. The number of ketones is 1. The molecule has 0 radical (unpaired) electrons. The highest BCUT2D eigenvalue weighted by Crippen LogP contribution is 2.19. The van der Waals surface area contributed by atoms with Crippen LogP contribution < -0.4 is 5.73 Å². The molecule has 0 aromatic carbocycles. The van der Waals surface area contributed by atoms with Crippen molar-refractivity contribution in [3.05, 3.63) is 30.6 Å². The summed E-state index contributed by atoms with van der Waals surface area (Å²) >= 11 is 0. The van der Waals surface area contributed by atoms with Gasteiger partial charge in [0.2, 0.25) is 0 Å². The Labute approximate surface area is 183 Å². The Bertz CT molecular complexity index is 510. The lowest BCUT2D eigenvalue weighted by atomic mass is 9.86. The molecule has 0 spiro atoms. The molecule has 172 valence electrons. The summed E-state index contributed by atoms with van der Waals surface area (Å²) in [4.78, 5) is 27.4. The van der Waals surface area contributed by atoms with Gasteiger partial charge in [-0.15, -0.1) is 0 Å². The Balaban J connectivity index is 0.00000118. The Morgan fingerprint density at radius 1 is 0.767 bits per heavy atom. The third kappa shape index (κ3) is 14.3. The number of nitrogens with two attached hydrogens (primary N) is 1. The standard InChI is InChI=1S/C20H39NO3.C5H5N/c1-3-5-7-8-9-10-11-12-13-15-17-20(21,19(23)24)18(22)16-14-6-4-2;1-2-4-6-5-3-1/h3-17,21H2,1-2H3,(H,23,24);1-5H. The van der Waals surface area contributed by atoms with E-state index >= 15 is 0 Å². The van der Waals surface area contributed by atoms with Gasteiger partial charge < -0.3 is 10.8 Å². The fraction of sp³-hybridized carbons (Fsp3) is 0.720. The highest BCUT2D eigenvalue weighted by molar-refractivity contribution is 6.07. The van der Waals surface area contributed by atoms with Crippen molar-refractivity contribution in [2.45, 2.75) is 116 Å². The first kappa shape index (κ1) is 28.2. The number of rotatable bonds is 17. The summed E-state index contributed by atoms with van der Waals surface area (Å²) in [5.41, 5.74) is 4.25. The van der Waals surface area contributed by atoms with Gasteiger partial charge in [-0.3, -0.25) is 9.78 Å². The van der Waals surface area contributed by atoms with Crippen LogP contribution in [-0.2, 0) is 9.59 Å². The molecule has 0 saturated carbocycles. The van der Waals surface area contributed by atoms with Crippen molar-refractivity contribution >= 4 is 11.8 Å².